The minimum atomic E-state index is -0.290. The SMILES string of the molecule is CC1(C)OB(c2ccc(SN3CC4(COC4)C3)cc2)OC1(C)C. The highest BCUT2D eigenvalue weighted by Crippen LogP contribution is 2.43. The second-order valence-corrected chi connectivity index (χ2v) is 9.21. The molecule has 3 aliphatic rings. The standard InChI is InChI=1S/C17H24BNO3S/c1-15(2)16(3,4)22-18(21-15)13-5-7-14(8-6-13)23-19-9-17(10-19)11-20-12-17/h5-8H,9-12H2,1-4H3. The van der Waals surface area contributed by atoms with Gasteiger partial charge < -0.3 is 14.0 Å². The van der Waals surface area contributed by atoms with Crippen LogP contribution in [0.25, 0.3) is 0 Å². The van der Waals surface area contributed by atoms with Gasteiger partial charge in [-0.2, -0.15) is 0 Å². The van der Waals surface area contributed by atoms with Crippen LogP contribution < -0.4 is 5.46 Å². The molecule has 1 spiro atoms. The molecular formula is C17H24BNO3S. The van der Waals surface area contributed by atoms with Crippen LogP contribution >= 0.6 is 11.9 Å². The van der Waals surface area contributed by atoms with Crippen molar-refractivity contribution in [3.8, 4) is 0 Å². The molecule has 0 amide bonds. The van der Waals surface area contributed by atoms with E-state index in [1.54, 1.807) is 0 Å². The molecule has 4 rings (SSSR count). The maximum Gasteiger partial charge on any atom is 0.494 e. The van der Waals surface area contributed by atoms with Gasteiger partial charge in [0.25, 0.3) is 0 Å². The number of benzene rings is 1. The highest BCUT2D eigenvalue weighted by atomic mass is 32.2. The predicted octanol–water partition coefficient (Wildman–Crippen LogP) is 2.33. The molecule has 0 atom stereocenters. The van der Waals surface area contributed by atoms with Gasteiger partial charge in [-0.1, -0.05) is 12.1 Å². The summed E-state index contributed by atoms with van der Waals surface area (Å²) in [4.78, 5) is 1.26. The minimum Gasteiger partial charge on any atom is -0.399 e. The van der Waals surface area contributed by atoms with E-state index >= 15 is 0 Å². The van der Waals surface area contributed by atoms with Crippen molar-refractivity contribution in [1.82, 2.24) is 4.31 Å². The first-order valence-corrected chi connectivity index (χ1v) is 9.02. The van der Waals surface area contributed by atoms with Crippen molar-refractivity contribution in [3.63, 3.8) is 0 Å². The van der Waals surface area contributed by atoms with E-state index in [2.05, 4.69) is 56.3 Å². The number of ether oxygens (including phenoxy) is 1. The molecule has 0 radical (unpaired) electrons. The molecule has 4 nitrogen and oxygen atoms in total. The second-order valence-electron chi connectivity index (χ2n) is 8.04. The van der Waals surface area contributed by atoms with Gasteiger partial charge in [-0.15, -0.1) is 0 Å². The molecule has 0 N–H and O–H groups in total. The molecule has 0 saturated carbocycles. The first-order valence-electron chi connectivity index (χ1n) is 8.25. The van der Waals surface area contributed by atoms with E-state index in [-0.39, 0.29) is 18.3 Å². The zero-order valence-electron chi connectivity index (χ0n) is 14.3. The van der Waals surface area contributed by atoms with E-state index in [1.807, 2.05) is 11.9 Å². The summed E-state index contributed by atoms with van der Waals surface area (Å²) in [7, 11) is -0.279. The molecule has 0 aromatic heterocycles. The summed E-state index contributed by atoms with van der Waals surface area (Å²) in [6, 6.07) is 8.56. The lowest BCUT2D eigenvalue weighted by atomic mass is 9.79. The highest BCUT2D eigenvalue weighted by Gasteiger charge is 2.52. The maximum atomic E-state index is 6.10. The maximum absolute atomic E-state index is 6.10. The van der Waals surface area contributed by atoms with Gasteiger partial charge in [-0.05, 0) is 57.2 Å². The van der Waals surface area contributed by atoms with Crippen molar-refractivity contribution in [1.29, 1.82) is 0 Å². The summed E-state index contributed by atoms with van der Waals surface area (Å²) in [5, 5.41) is 0. The molecule has 0 aliphatic carbocycles. The summed E-state index contributed by atoms with van der Waals surface area (Å²) in [6.45, 7) is 12.5. The quantitative estimate of drug-likeness (QED) is 0.626. The van der Waals surface area contributed by atoms with Gasteiger partial charge in [-0.3, -0.25) is 0 Å². The average molecular weight is 333 g/mol. The van der Waals surface area contributed by atoms with Crippen molar-refractivity contribution in [3.05, 3.63) is 24.3 Å². The summed E-state index contributed by atoms with van der Waals surface area (Å²) >= 11 is 1.83. The van der Waals surface area contributed by atoms with Gasteiger partial charge in [0, 0.05) is 23.4 Å². The van der Waals surface area contributed by atoms with Crippen LogP contribution in [0.15, 0.2) is 29.2 Å². The van der Waals surface area contributed by atoms with E-state index in [1.165, 1.54) is 4.90 Å². The Morgan fingerprint density at radius 2 is 1.52 bits per heavy atom. The largest absolute Gasteiger partial charge is 0.494 e. The van der Waals surface area contributed by atoms with Crippen LogP contribution in [0, 0.1) is 5.41 Å². The third kappa shape index (κ3) is 2.74. The average Bonchev–Trinajstić information content (AvgIpc) is 2.61. The van der Waals surface area contributed by atoms with Gasteiger partial charge in [-0.25, -0.2) is 4.31 Å². The summed E-state index contributed by atoms with van der Waals surface area (Å²) in [6.07, 6.45) is 0. The van der Waals surface area contributed by atoms with Crippen LogP contribution in [0.1, 0.15) is 27.7 Å². The Balaban J connectivity index is 1.37. The van der Waals surface area contributed by atoms with Crippen molar-refractivity contribution in [2.45, 2.75) is 43.8 Å². The van der Waals surface area contributed by atoms with E-state index in [4.69, 9.17) is 14.0 Å². The topological polar surface area (TPSA) is 30.9 Å². The van der Waals surface area contributed by atoms with Crippen molar-refractivity contribution in [2.75, 3.05) is 26.3 Å². The number of rotatable bonds is 3. The monoisotopic (exact) mass is 333 g/mol. The smallest absolute Gasteiger partial charge is 0.399 e. The van der Waals surface area contributed by atoms with E-state index in [0.717, 1.165) is 31.8 Å². The molecule has 3 aliphatic heterocycles. The second kappa shape index (κ2) is 5.23. The first kappa shape index (κ1) is 16.0. The zero-order chi connectivity index (χ0) is 16.3. The van der Waals surface area contributed by atoms with Crippen LogP contribution in [-0.2, 0) is 14.0 Å². The lowest BCUT2D eigenvalue weighted by Gasteiger charge is -2.54. The minimum absolute atomic E-state index is 0.279. The third-order valence-corrected chi connectivity index (χ3v) is 6.48. The Morgan fingerprint density at radius 1 is 0.957 bits per heavy atom. The fraction of sp³-hybridized carbons (Fsp3) is 0.647. The molecule has 0 unspecified atom stereocenters. The van der Waals surface area contributed by atoms with Crippen LogP contribution in [0.5, 0.6) is 0 Å². The number of nitrogens with zero attached hydrogens (tertiary/aromatic N) is 1. The van der Waals surface area contributed by atoms with Crippen molar-refractivity contribution < 1.29 is 14.0 Å². The van der Waals surface area contributed by atoms with Gasteiger partial charge in [0.05, 0.1) is 24.4 Å². The molecule has 23 heavy (non-hydrogen) atoms. The Hall–Kier alpha value is -0.525. The fourth-order valence-corrected chi connectivity index (χ4v) is 4.39. The molecule has 0 bridgehead atoms. The fourth-order valence-electron chi connectivity index (χ4n) is 3.15. The Bertz CT molecular complexity index is 576. The van der Waals surface area contributed by atoms with Crippen molar-refractivity contribution in [2.24, 2.45) is 5.41 Å². The Labute approximate surface area is 143 Å². The highest BCUT2D eigenvalue weighted by molar-refractivity contribution is 7.97. The number of hydrogen-bond acceptors (Lipinski definition) is 5. The van der Waals surface area contributed by atoms with E-state index in [9.17, 15) is 0 Å². The molecular weight excluding hydrogens is 309 g/mol. The van der Waals surface area contributed by atoms with Gasteiger partial charge in [0.1, 0.15) is 0 Å². The predicted molar refractivity (Wildman–Crippen MR) is 92.8 cm³/mol. The van der Waals surface area contributed by atoms with Gasteiger partial charge in [0.2, 0.25) is 0 Å². The normalized spacial score (nSPS) is 27.7. The summed E-state index contributed by atoms with van der Waals surface area (Å²) in [5.41, 5.74) is 0.972. The lowest BCUT2D eigenvalue weighted by Crippen LogP contribution is -2.63. The molecule has 3 saturated heterocycles. The molecule has 6 heteroatoms. The Morgan fingerprint density at radius 3 is 2.00 bits per heavy atom. The molecule has 1 aromatic carbocycles. The third-order valence-electron chi connectivity index (χ3n) is 5.48. The van der Waals surface area contributed by atoms with Gasteiger partial charge >= 0.3 is 7.12 Å². The first-order chi connectivity index (χ1) is 10.8. The molecule has 3 fully saturated rings. The van der Waals surface area contributed by atoms with Crippen molar-refractivity contribution >= 4 is 24.5 Å². The van der Waals surface area contributed by atoms with Crippen LogP contribution in [0.2, 0.25) is 0 Å². The van der Waals surface area contributed by atoms with Crippen LogP contribution in [0.4, 0.5) is 0 Å². The summed E-state index contributed by atoms with van der Waals surface area (Å²) in [5.74, 6) is 0. The molecule has 1 aromatic rings. The van der Waals surface area contributed by atoms with Crippen LogP contribution in [0.3, 0.4) is 0 Å². The Kier molecular flexibility index (Phi) is 3.63. The zero-order valence-corrected chi connectivity index (χ0v) is 15.1. The number of hydrogen-bond donors (Lipinski definition) is 0. The van der Waals surface area contributed by atoms with Crippen LogP contribution in [-0.4, -0.2) is 48.9 Å². The lowest BCUT2D eigenvalue weighted by molar-refractivity contribution is -0.164. The van der Waals surface area contributed by atoms with Gasteiger partial charge in [0.15, 0.2) is 0 Å². The van der Waals surface area contributed by atoms with E-state index in [0.29, 0.717) is 5.41 Å². The molecule has 124 valence electrons. The summed E-state index contributed by atoms with van der Waals surface area (Å²) < 4.78 is 19.9. The molecule has 3 heterocycles. The van der Waals surface area contributed by atoms with E-state index < -0.39 is 0 Å².